The van der Waals surface area contributed by atoms with Gasteiger partial charge in [0.2, 0.25) is 0 Å². The number of halogens is 2. The summed E-state index contributed by atoms with van der Waals surface area (Å²) in [5, 5.41) is 16.5. The first-order valence-corrected chi connectivity index (χ1v) is 10.4. The van der Waals surface area contributed by atoms with E-state index < -0.39 is 63.9 Å². The highest BCUT2D eigenvalue weighted by Crippen LogP contribution is 2.07. The van der Waals surface area contributed by atoms with Crippen LogP contribution in [0.3, 0.4) is 0 Å². The van der Waals surface area contributed by atoms with E-state index in [1.165, 1.54) is 0 Å². The second-order valence-electron chi connectivity index (χ2n) is 4.56. The molecule has 24 heavy (non-hydrogen) atoms. The predicted molar refractivity (Wildman–Crippen MR) is 84.0 cm³/mol. The number of hydrogen-bond donors (Lipinski definition) is 2. The minimum Gasteiger partial charge on any atom is -0.394 e. The second kappa shape index (κ2) is 13.8. The Kier molecular flexibility index (Phi) is 14.9. The quantitative estimate of drug-likeness (QED) is 0.443. The van der Waals surface area contributed by atoms with Gasteiger partial charge >= 0.3 is 0 Å². The first-order valence-electron chi connectivity index (χ1n) is 7.26. The van der Waals surface area contributed by atoms with Gasteiger partial charge in [0.15, 0.2) is 0 Å². The van der Waals surface area contributed by atoms with Crippen LogP contribution in [0.2, 0.25) is 0 Å². The summed E-state index contributed by atoms with van der Waals surface area (Å²) in [4.78, 5) is 0. The van der Waals surface area contributed by atoms with Crippen molar-refractivity contribution in [2.75, 3.05) is 38.1 Å². The average molecular weight is 400 g/mol. The number of alkyl halides is 2. The Balaban J connectivity index is 0. The summed E-state index contributed by atoms with van der Waals surface area (Å²) in [5.41, 5.74) is 0. The molecule has 0 saturated carbocycles. The molecule has 2 atom stereocenters. The Hall–Kier alpha value is -0.400. The molecule has 0 aromatic carbocycles. The predicted octanol–water partition coefficient (Wildman–Crippen LogP) is 0.146. The zero-order chi connectivity index (χ0) is 19.2. The second-order valence-corrected chi connectivity index (χ2v) is 8.03. The van der Waals surface area contributed by atoms with Gasteiger partial charge in [-0.05, 0) is 12.8 Å². The minimum atomic E-state index is -4.05. The SMILES string of the molecule is CCC(COS(=O)(=O)CCF)OS(=O)(=O)CCF.CCC(O)CO. The molecule has 0 aliphatic heterocycles. The average Bonchev–Trinajstić information content (AvgIpc) is 2.51. The van der Waals surface area contributed by atoms with Gasteiger partial charge in [0.1, 0.15) is 31.0 Å². The highest BCUT2D eigenvalue weighted by molar-refractivity contribution is 7.87. The van der Waals surface area contributed by atoms with Crippen LogP contribution in [0.5, 0.6) is 0 Å². The van der Waals surface area contributed by atoms with E-state index in [1.807, 2.05) is 6.92 Å². The lowest BCUT2D eigenvalue weighted by Gasteiger charge is -2.15. The molecule has 0 aliphatic rings. The van der Waals surface area contributed by atoms with Crippen molar-refractivity contribution in [3.63, 3.8) is 0 Å². The number of aliphatic hydroxyl groups is 2. The zero-order valence-corrected chi connectivity index (χ0v) is 15.4. The third-order valence-electron chi connectivity index (χ3n) is 2.51. The lowest BCUT2D eigenvalue weighted by Crippen LogP contribution is -2.27. The topological polar surface area (TPSA) is 127 Å². The molecule has 0 aromatic rings. The monoisotopic (exact) mass is 400 g/mol. The molecule has 0 heterocycles. The van der Waals surface area contributed by atoms with Crippen molar-refractivity contribution < 1.29 is 44.2 Å². The Morgan fingerprint density at radius 2 is 1.46 bits per heavy atom. The molecular formula is C12H26F2O8S2. The largest absolute Gasteiger partial charge is 0.394 e. The van der Waals surface area contributed by atoms with E-state index in [9.17, 15) is 25.6 Å². The van der Waals surface area contributed by atoms with Gasteiger partial charge in [0, 0.05) is 0 Å². The lowest BCUT2D eigenvalue weighted by atomic mass is 10.3. The summed E-state index contributed by atoms with van der Waals surface area (Å²) in [5.74, 6) is -1.61. The Bertz CT molecular complexity index is 491. The van der Waals surface area contributed by atoms with Crippen LogP contribution >= 0.6 is 0 Å². The van der Waals surface area contributed by atoms with Crippen LogP contribution in [-0.2, 0) is 28.6 Å². The van der Waals surface area contributed by atoms with Gasteiger partial charge in [0.25, 0.3) is 20.2 Å². The first-order chi connectivity index (χ1) is 11.1. The minimum absolute atomic E-state index is 0.115. The van der Waals surface area contributed by atoms with E-state index in [0.717, 1.165) is 0 Å². The van der Waals surface area contributed by atoms with Crippen LogP contribution in [-0.4, -0.2) is 77.3 Å². The number of aliphatic hydroxyl groups excluding tert-OH is 2. The fourth-order valence-corrected chi connectivity index (χ4v) is 2.58. The van der Waals surface area contributed by atoms with Crippen molar-refractivity contribution in [2.45, 2.75) is 38.9 Å². The van der Waals surface area contributed by atoms with Gasteiger partial charge in [-0.25, -0.2) is 8.78 Å². The normalized spacial score (nSPS) is 14.6. The first kappa shape index (κ1) is 25.8. The van der Waals surface area contributed by atoms with Crippen molar-refractivity contribution >= 4 is 20.2 Å². The molecule has 12 heteroatoms. The van der Waals surface area contributed by atoms with Gasteiger partial charge < -0.3 is 10.2 Å². The third-order valence-corrected chi connectivity index (χ3v) is 4.88. The van der Waals surface area contributed by atoms with Gasteiger partial charge in [0.05, 0.1) is 19.3 Å². The van der Waals surface area contributed by atoms with E-state index >= 15 is 0 Å². The van der Waals surface area contributed by atoms with E-state index in [2.05, 4.69) is 8.37 Å². The molecule has 0 rings (SSSR count). The van der Waals surface area contributed by atoms with Gasteiger partial charge in [-0.3, -0.25) is 8.37 Å². The van der Waals surface area contributed by atoms with Crippen LogP contribution in [0.15, 0.2) is 0 Å². The molecular weight excluding hydrogens is 374 g/mol. The molecule has 0 aliphatic carbocycles. The van der Waals surface area contributed by atoms with Crippen LogP contribution in [0, 0.1) is 0 Å². The van der Waals surface area contributed by atoms with Crippen molar-refractivity contribution in [1.82, 2.24) is 0 Å². The van der Waals surface area contributed by atoms with Crippen LogP contribution < -0.4 is 0 Å². The summed E-state index contributed by atoms with van der Waals surface area (Å²) in [6.07, 6.45) is -0.770. The van der Waals surface area contributed by atoms with Crippen molar-refractivity contribution in [3.8, 4) is 0 Å². The van der Waals surface area contributed by atoms with E-state index in [4.69, 9.17) is 10.2 Å². The molecule has 0 radical (unpaired) electrons. The van der Waals surface area contributed by atoms with Crippen LogP contribution in [0.25, 0.3) is 0 Å². The fourth-order valence-electron chi connectivity index (χ4n) is 1.03. The molecule has 0 bridgehead atoms. The van der Waals surface area contributed by atoms with Crippen LogP contribution in [0.4, 0.5) is 8.78 Å². The Morgan fingerprint density at radius 1 is 0.958 bits per heavy atom. The van der Waals surface area contributed by atoms with E-state index in [1.54, 1.807) is 6.92 Å². The van der Waals surface area contributed by atoms with Gasteiger partial charge in [-0.15, -0.1) is 0 Å². The molecule has 148 valence electrons. The van der Waals surface area contributed by atoms with E-state index in [0.29, 0.717) is 6.42 Å². The highest BCUT2D eigenvalue weighted by Gasteiger charge is 2.21. The number of rotatable bonds is 12. The summed E-state index contributed by atoms with van der Waals surface area (Å²) in [7, 11) is -8.08. The Labute approximate surface area is 142 Å². The lowest BCUT2D eigenvalue weighted by molar-refractivity contribution is 0.0923. The van der Waals surface area contributed by atoms with E-state index in [-0.39, 0.29) is 13.0 Å². The van der Waals surface area contributed by atoms with Crippen molar-refractivity contribution in [2.24, 2.45) is 0 Å². The molecule has 0 saturated heterocycles. The summed E-state index contributed by atoms with van der Waals surface area (Å²) < 4.78 is 77.0. The van der Waals surface area contributed by atoms with Crippen LogP contribution in [0.1, 0.15) is 26.7 Å². The van der Waals surface area contributed by atoms with Gasteiger partial charge in [-0.2, -0.15) is 16.8 Å². The fraction of sp³-hybridized carbons (Fsp3) is 1.00. The van der Waals surface area contributed by atoms with Crippen molar-refractivity contribution in [3.05, 3.63) is 0 Å². The molecule has 0 amide bonds. The molecule has 8 nitrogen and oxygen atoms in total. The Morgan fingerprint density at radius 3 is 1.79 bits per heavy atom. The molecule has 2 N–H and O–H groups in total. The maximum atomic E-state index is 11.9. The molecule has 2 unspecified atom stereocenters. The summed E-state index contributed by atoms with van der Waals surface area (Å²) in [6.45, 7) is 0.502. The molecule has 0 fully saturated rings. The zero-order valence-electron chi connectivity index (χ0n) is 13.7. The molecule has 0 spiro atoms. The highest BCUT2D eigenvalue weighted by atomic mass is 32.2. The maximum Gasteiger partial charge on any atom is 0.270 e. The summed E-state index contributed by atoms with van der Waals surface area (Å²) in [6, 6.07) is 0. The maximum absolute atomic E-state index is 11.9. The smallest absolute Gasteiger partial charge is 0.270 e. The standard InChI is InChI=1S/C8H16F2O6S2.C4H10O2/c1-2-8(16-18(13,14)6-4-10)7-15-17(11,12)5-3-9;1-2-4(6)3-5/h8H,2-7H2,1H3;4-6H,2-3H2,1H3. The molecule has 0 aromatic heterocycles. The summed E-state index contributed by atoms with van der Waals surface area (Å²) >= 11 is 0. The van der Waals surface area contributed by atoms with Crippen molar-refractivity contribution in [1.29, 1.82) is 0 Å². The third kappa shape index (κ3) is 15.1. The number of hydrogen-bond acceptors (Lipinski definition) is 8. The van der Waals surface area contributed by atoms with Gasteiger partial charge in [-0.1, -0.05) is 13.8 Å².